The Hall–Kier alpha value is -3.20. The molecule has 5 N–H and O–H groups in total. The standard InChI is InChI=1S/C20H23N7OS/c1-27-18(17(12-3-2-4-12)24-9-14-10-28-11-25-14)15(8-22)19-20(27)26-16(29-19)7-13(23)5-6-21/h5-6,8,10-11,22-24H,2-4,7,9,21H2,1H3/b6-5-,22-8?,23-13?. The number of hydrogen-bond acceptors (Lipinski definition) is 8. The molecule has 0 spiro atoms. The third-order valence-electron chi connectivity index (χ3n) is 5.07. The van der Waals surface area contributed by atoms with E-state index >= 15 is 0 Å². The van der Waals surface area contributed by atoms with Crippen LogP contribution in [0.15, 0.2) is 34.9 Å². The van der Waals surface area contributed by atoms with Crippen molar-refractivity contribution in [2.75, 3.05) is 0 Å². The molecule has 1 fully saturated rings. The number of oxazole rings is 1. The Morgan fingerprint density at radius 3 is 2.90 bits per heavy atom. The smallest absolute Gasteiger partial charge is 0.180 e. The quantitative estimate of drug-likeness (QED) is 0.424. The Morgan fingerprint density at radius 2 is 2.28 bits per heavy atom. The molecule has 3 aromatic rings. The molecule has 1 saturated carbocycles. The minimum Gasteiger partial charge on any atom is -0.451 e. The second-order valence-electron chi connectivity index (χ2n) is 6.95. The van der Waals surface area contributed by atoms with Crippen molar-refractivity contribution >= 4 is 39.3 Å². The Kier molecular flexibility index (Phi) is 5.30. The number of aryl methyl sites for hydroxylation is 1. The number of hydrogen-bond donors (Lipinski definition) is 4. The van der Waals surface area contributed by atoms with Crippen LogP contribution < -0.4 is 11.1 Å². The predicted octanol–water partition coefficient (Wildman–Crippen LogP) is 3.34. The topological polar surface area (TPSA) is 130 Å². The van der Waals surface area contributed by atoms with Crippen LogP contribution in [0.2, 0.25) is 0 Å². The fourth-order valence-electron chi connectivity index (χ4n) is 3.49. The predicted molar refractivity (Wildman–Crippen MR) is 115 cm³/mol. The third kappa shape index (κ3) is 3.61. The van der Waals surface area contributed by atoms with E-state index in [0.29, 0.717) is 18.7 Å². The fraction of sp³-hybridized carbons (Fsp3) is 0.300. The fourth-order valence-corrected chi connectivity index (χ4v) is 4.62. The van der Waals surface area contributed by atoms with Crippen LogP contribution in [0.4, 0.5) is 0 Å². The summed E-state index contributed by atoms with van der Waals surface area (Å²) in [5.74, 6) is 0. The van der Waals surface area contributed by atoms with Gasteiger partial charge in [-0.1, -0.05) is 0 Å². The van der Waals surface area contributed by atoms with Crippen molar-refractivity contribution in [2.45, 2.75) is 32.2 Å². The van der Waals surface area contributed by atoms with Crippen molar-refractivity contribution in [3.8, 4) is 0 Å². The molecule has 0 aromatic carbocycles. The van der Waals surface area contributed by atoms with Gasteiger partial charge in [0.25, 0.3) is 0 Å². The van der Waals surface area contributed by atoms with Crippen molar-refractivity contribution in [3.05, 3.63) is 52.5 Å². The van der Waals surface area contributed by atoms with Crippen molar-refractivity contribution < 1.29 is 4.42 Å². The summed E-state index contributed by atoms with van der Waals surface area (Å²) in [5.41, 5.74) is 11.7. The van der Waals surface area contributed by atoms with E-state index in [2.05, 4.69) is 14.9 Å². The van der Waals surface area contributed by atoms with Crippen LogP contribution in [0, 0.1) is 10.8 Å². The molecule has 9 heteroatoms. The number of nitrogens with zero attached hydrogens (tertiary/aromatic N) is 3. The molecule has 3 heterocycles. The molecule has 0 atom stereocenters. The van der Waals surface area contributed by atoms with Crippen LogP contribution in [0.25, 0.3) is 16.0 Å². The number of fused-ring (bicyclic) bond motifs is 1. The molecule has 0 bridgehead atoms. The van der Waals surface area contributed by atoms with E-state index < -0.39 is 0 Å². The summed E-state index contributed by atoms with van der Waals surface area (Å²) in [5, 5.41) is 20.4. The van der Waals surface area contributed by atoms with E-state index in [1.54, 1.807) is 12.3 Å². The summed E-state index contributed by atoms with van der Waals surface area (Å²) < 4.78 is 8.09. The lowest BCUT2D eigenvalue weighted by Gasteiger charge is -2.24. The molecule has 1 aliphatic rings. The average molecular weight is 410 g/mol. The van der Waals surface area contributed by atoms with E-state index in [0.717, 1.165) is 50.8 Å². The molecule has 0 aliphatic heterocycles. The average Bonchev–Trinajstić information content (AvgIpc) is 3.35. The monoisotopic (exact) mass is 409 g/mol. The van der Waals surface area contributed by atoms with Gasteiger partial charge in [0.05, 0.1) is 28.3 Å². The molecule has 4 rings (SSSR count). The van der Waals surface area contributed by atoms with Crippen molar-refractivity contribution in [1.82, 2.24) is 19.9 Å². The first-order valence-electron chi connectivity index (χ1n) is 9.40. The molecular formula is C20H23N7OS. The van der Waals surface area contributed by atoms with Crippen LogP contribution in [0.5, 0.6) is 0 Å². The molecule has 0 saturated heterocycles. The highest BCUT2D eigenvalue weighted by Gasteiger charge is 2.25. The van der Waals surface area contributed by atoms with E-state index in [9.17, 15) is 0 Å². The number of thiazole rings is 1. The van der Waals surface area contributed by atoms with Gasteiger partial charge in [-0.05, 0) is 37.1 Å². The minimum atomic E-state index is 0.412. The molecule has 0 radical (unpaired) electrons. The van der Waals surface area contributed by atoms with Crippen molar-refractivity contribution in [2.24, 2.45) is 12.8 Å². The van der Waals surface area contributed by atoms with Gasteiger partial charge in [-0.2, -0.15) is 0 Å². The Morgan fingerprint density at radius 1 is 1.45 bits per heavy atom. The number of aromatic nitrogens is 3. The maximum Gasteiger partial charge on any atom is 0.180 e. The van der Waals surface area contributed by atoms with E-state index in [4.69, 9.17) is 26.0 Å². The molecule has 1 aliphatic carbocycles. The Bertz CT molecular complexity index is 1110. The number of rotatable bonds is 8. The zero-order valence-electron chi connectivity index (χ0n) is 16.2. The van der Waals surface area contributed by atoms with Gasteiger partial charge >= 0.3 is 0 Å². The van der Waals surface area contributed by atoms with Gasteiger partial charge in [0.1, 0.15) is 11.3 Å². The maximum atomic E-state index is 8.07. The largest absolute Gasteiger partial charge is 0.451 e. The van der Waals surface area contributed by atoms with Gasteiger partial charge in [-0.25, -0.2) is 9.97 Å². The zero-order chi connectivity index (χ0) is 20.4. The van der Waals surface area contributed by atoms with Crippen LogP contribution in [0.3, 0.4) is 0 Å². The molecular weight excluding hydrogens is 386 g/mol. The normalized spacial score (nSPS) is 13.8. The van der Waals surface area contributed by atoms with E-state index in [1.807, 2.05) is 7.05 Å². The summed E-state index contributed by atoms with van der Waals surface area (Å²) in [7, 11) is 1.98. The maximum absolute atomic E-state index is 8.07. The summed E-state index contributed by atoms with van der Waals surface area (Å²) >= 11 is 1.53. The van der Waals surface area contributed by atoms with Crippen molar-refractivity contribution in [3.63, 3.8) is 0 Å². The highest BCUT2D eigenvalue weighted by Crippen LogP contribution is 2.38. The van der Waals surface area contributed by atoms with Gasteiger partial charge in [-0.15, -0.1) is 11.3 Å². The van der Waals surface area contributed by atoms with Crippen LogP contribution >= 0.6 is 11.3 Å². The van der Waals surface area contributed by atoms with Gasteiger partial charge in [-0.3, -0.25) is 0 Å². The summed E-state index contributed by atoms with van der Waals surface area (Å²) in [4.78, 5) is 8.93. The lowest BCUT2D eigenvalue weighted by atomic mass is 9.89. The second-order valence-corrected chi connectivity index (χ2v) is 8.04. The molecule has 29 heavy (non-hydrogen) atoms. The lowest BCUT2D eigenvalue weighted by Crippen LogP contribution is -2.20. The van der Waals surface area contributed by atoms with Gasteiger partial charge < -0.3 is 30.9 Å². The van der Waals surface area contributed by atoms with Crippen LogP contribution in [0.1, 0.15) is 41.2 Å². The second kappa shape index (κ2) is 8.04. The van der Waals surface area contributed by atoms with Crippen LogP contribution in [-0.2, 0) is 20.0 Å². The first kappa shape index (κ1) is 19.1. The SMILES string of the molecule is Cn1c(C(NCc2cocn2)=C2CCC2)c(C=N)c2sc(CC(=N)/C=C\N)nc21. The first-order valence-corrected chi connectivity index (χ1v) is 10.2. The highest BCUT2D eigenvalue weighted by molar-refractivity contribution is 7.19. The number of nitrogens with two attached hydrogens (primary N) is 1. The Balaban J connectivity index is 1.73. The van der Waals surface area contributed by atoms with Gasteiger partial charge in [0.15, 0.2) is 12.0 Å². The molecule has 8 nitrogen and oxygen atoms in total. The third-order valence-corrected chi connectivity index (χ3v) is 6.14. The van der Waals surface area contributed by atoms with E-state index in [-0.39, 0.29) is 0 Å². The molecule has 3 aromatic heterocycles. The van der Waals surface area contributed by atoms with Crippen LogP contribution in [-0.4, -0.2) is 26.5 Å². The summed E-state index contributed by atoms with van der Waals surface area (Å²) in [6, 6.07) is 0. The van der Waals surface area contributed by atoms with Gasteiger partial charge in [0.2, 0.25) is 0 Å². The lowest BCUT2D eigenvalue weighted by molar-refractivity contribution is 0.555. The minimum absolute atomic E-state index is 0.412. The molecule has 0 amide bonds. The zero-order valence-corrected chi connectivity index (χ0v) is 17.0. The molecule has 150 valence electrons. The summed E-state index contributed by atoms with van der Waals surface area (Å²) in [6.45, 7) is 0.562. The van der Waals surface area contributed by atoms with E-state index in [1.165, 1.54) is 42.1 Å². The number of nitrogens with one attached hydrogen (secondary N) is 3. The first-order chi connectivity index (χ1) is 14.1. The molecule has 0 unspecified atom stereocenters. The highest BCUT2D eigenvalue weighted by atomic mass is 32.1. The van der Waals surface area contributed by atoms with Gasteiger partial charge in [0, 0.05) is 31.0 Å². The summed E-state index contributed by atoms with van der Waals surface area (Å²) in [6.07, 6.45) is 11.1. The Labute approximate surface area is 172 Å². The van der Waals surface area contributed by atoms with Crippen molar-refractivity contribution in [1.29, 1.82) is 10.8 Å². The number of allylic oxidation sites excluding steroid dienone is 2.